The molecule has 5 unspecified atom stereocenters. The van der Waals surface area contributed by atoms with E-state index in [4.69, 9.17) is 23.2 Å². The van der Waals surface area contributed by atoms with Gasteiger partial charge in [-0.05, 0) is 74.0 Å². The summed E-state index contributed by atoms with van der Waals surface area (Å²) in [4.78, 5) is 58.0. The van der Waals surface area contributed by atoms with Gasteiger partial charge in [0.05, 0.1) is 11.1 Å². The molecule has 4 aliphatic rings. The second-order valence-corrected chi connectivity index (χ2v) is 12.8. The zero-order valence-electron chi connectivity index (χ0n) is 21.5. The van der Waals surface area contributed by atoms with Gasteiger partial charge in [-0.3, -0.25) is 19.2 Å². The third-order valence-corrected chi connectivity index (χ3v) is 10.0. The molecule has 1 saturated heterocycles. The van der Waals surface area contributed by atoms with Crippen molar-refractivity contribution in [2.24, 2.45) is 23.2 Å². The fourth-order valence-electron chi connectivity index (χ4n) is 7.33. The summed E-state index contributed by atoms with van der Waals surface area (Å²) in [7, 11) is 0. The lowest BCUT2D eigenvalue weighted by Gasteiger charge is -2.29. The van der Waals surface area contributed by atoms with Gasteiger partial charge < -0.3 is 15.2 Å². The Kier molecular flexibility index (Phi) is 6.58. The third-order valence-electron chi connectivity index (χ3n) is 9.52. The van der Waals surface area contributed by atoms with Gasteiger partial charge in [0.2, 0.25) is 5.91 Å². The molecule has 5 atom stereocenters. The minimum Gasteiger partial charge on any atom is -0.350 e. The zero-order chi connectivity index (χ0) is 26.8. The molecule has 0 radical (unpaired) electrons. The van der Waals surface area contributed by atoms with Crippen LogP contribution in [0.4, 0.5) is 0 Å². The number of H-pyrrole nitrogens is 1. The first kappa shape index (κ1) is 25.9. The molecule has 1 aromatic heterocycles. The predicted octanol–water partition coefficient (Wildman–Crippen LogP) is 5.33. The van der Waals surface area contributed by atoms with E-state index < -0.39 is 12.1 Å². The van der Waals surface area contributed by atoms with Gasteiger partial charge in [-0.25, -0.2) is 0 Å². The molecule has 3 aliphatic carbocycles. The summed E-state index contributed by atoms with van der Waals surface area (Å²) in [5, 5.41) is 4.63. The summed E-state index contributed by atoms with van der Waals surface area (Å²) in [6, 6.07) is 3.71. The number of Topliss-reactive ketones (excluding diaryl/α,β-unsaturated/α-hetero) is 2. The van der Waals surface area contributed by atoms with E-state index in [1.54, 1.807) is 30.0 Å². The number of benzene rings is 1. The third kappa shape index (κ3) is 4.56. The van der Waals surface area contributed by atoms with Crippen molar-refractivity contribution < 1.29 is 19.2 Å². The SMILES string of the molecule is CCC(=O)C(CC1CC2(CC2)CC1=O)NC(=O)C1C2CCCC2CN1C(=O)c1cc2c(Cl)cc(Cl)cc2[nH]1. The highest BCUT2D eigenvalue weighted by Crippen LogP contribution is 2.59. The van der Waals surface area contributed by atoms with Crippen molar-refractivity contribution in [3.05, 3.63) is 33.9 Å². The molecule has 2 amide bonds. The van der Waals surface area contributed by atoms with Gasteiger partial charge in [0.25, 0.3) is 5.91 Å². The largest absolute Gasteiger partial charge is 0.350 e. The highest BCUT2D eigenvalue weighted by molar-refractivity contribution is 6.38. The number of hydrogen-bond acceptors (Lipinski definition) is 4. The van der Waals surface area contributed by atoms with Crippen LogP contribution in [0, 0.1) is 23.2 Å². The van der Waals surface area contributed by atoms with Crippen LogP contribution in [0.1, 0.15) is 75.2 Å². The van der Waals surface area contributed by atoms with E-state index in [1.807, 2.05) is 0 Å². The molecule has 6 rings (SSSR count). The summed E-state index contributed by atoms with van der Waals surface area (Å²) < 4.78 is 0. The van der Waals surface area contributed by atoms with Crippen molar-refractivity contribution in [1.82, 2.24) is 15.2 Å². The molecule has 4 fully saturated rings. The fraction of sp³-hybridized carbons (Fsp3) is 0.586. The second-order valence-electron chi connectivity index (χ2n) is 11.9. The minimum absolute atomic E-state index is 0.0570. The average molecular weight is 559 g/mol. The Labute approximate surface area is 232 Å². The normalized spacial score (nSPS) is 28.2. The molecule has 202 valence electrons. The molecule has 1 aromatic carbocycles. The predicted molar refractivity (Wildman–Crippen MR) is 145 cm³/mol. The van der Waals surface area contributed by atoms with Crippen LogP contribution in [0.2, 0.25) is 10.0 Å². The van der Waals surface area contributed by atoms with Gasteiger partial charge in [-0.1, -0.05) is 36.5 Å². The molecular weight excluding hydrogens is 525 g/mol. The lowest BCUT2D eigenvalue weighted by atomic mass is 9.91. The van der Waals surface area contributed by atoms with Crippen molar-refractivity contribution in [2.45, 2.75) is 76.8 Å². The lowest BCUT2D eigenvalue weighted by Crippen LogP contribution is -2.53. The number of nitrogens with one attached hydrogen (secondary N) is 2. The number of ketones is 2. The van der Waals surface area contributed by atoms with E-state index >= 15 is 0 Å². The highest BCUT2D eigenvalue weighted by Gasteiger charge is 2.53. The molecule has 2 N–H and O–H groups in total. The van der Waals surface area contributed by atoms with Gasteiger partial charge >= 0.3 is 0 Å². The Morgan fingerprint density at radius 1 is 1.18 bits per heavy atom. The minimum atomic E-state index is -0.707. The Balaban J connectivity index is 1.24. The summed E-state index contributed by atoms with van der Waals surface area (Å²) in [6.07, 6.45) is 7.11. The summed E-state index contributed by atoms with van der Waals surface area (Å²) in [5.41, 5.74) is 1.17. The Morgan fingerprint density at radius 2 is 1.97 bits per heavy atom. The number of carbonyl (C=O) groups is 4. The van der Waals surface area contributed by atoms with E-state index in [0.29, 0.717) is 46.0 Å². The van der Waals surface area contributed by atoms with Gasteiger partial charge in [0.1, 0.15) is 17.5 Å². The van der Waals surface area contributed by atoms with Gasteiger partial charge in [-0.15, -0.1) is 0 Å². The van der Waals surface area contributed by atoms with Gasteiger partial charge in [0, 0.05) is 41.2 Å². The number of aromatic amines is 1. The van der Waals surface area contributed by atoms with Crippen molar-refractivity contribution in [2.75, 3.05) is 6.54 Å². The van der Waals surface area contributed by atoms with Crippen molar-refractivity contribution >= 4 is 57.5 Å². The Morgan fingerprint density at radius 3 is 2.68 bits per heavy atom. The molecule has 2 aromatic rings. The molecule has 38 heavy (non-hydrogen) atoms. The number of aromatic nitrogens is 1. The quantitative estimate of drug-likeness (QED) is 0.480. The topological polar surface area (TPSA) is 99.3 Å². The Bertz CT molecular complexity index is 1330. The van der Waals surface area contributed by atoms with Crippen LogP contribution in [0.3, 0.4) is 0 Å². The molecule has 0 bridgehead atoms. The summed E-state index contributed by atoms with van der Waals surface area (Å²) in [5.74, 6) is -0.265. The van der Waals surface area contributed by atoms with Crippen LogP contribution in [-0.4, -0.2) is 51.9 Å². The van der Waals surface area contributed by atoms with Crippen LogP contribution in [0.5, 0.6) is 0 Å². The zero-order valence-corrected chi connectivity index (χ0v) is 23.0. The van der Waals surface area contributed by atoms with Crippen LogP contribution in [0.25, 0.3) is 10.9 Å². The van der Waals surface area contributed by atoms with Crippen molar-refractivity contribution in [1.29, 1.82) is 0 Å². The smallest absolute Gasteiger partial charge is 0.271 e. The maximum absolute atomic E-state index is 13.8. The monoisotopic (exact) mass is 557 g/mol. The number of halogens is 2. The number of nitrogens with zero attached hydrogens (tertiary/aromatic N) is 1. The van der Waals surface area contributed by atoms with Crippen LogP contribution < -0.4 is 5.32 Å². The van der Waals surface area contributed by atoms with Crippen LogP contribution >= 0.6 is 23.2 Å². The average Bonchev–Trinajstić information content (AvgIpc) is 3.24. The summed E-state index contributed by atoms with van der Waals surface area (Å²) in [6.45, 7) is 2.29. The first-order valence-corrected chi connectivity index (χ1v) is 14.6. The molecule has 7 nitrogen and oxygen atoms in total. The first-order valence-electron chi connectivity index (χ1n) is 13.8. The highest BCUT2D eigenvalue weighted by atomic mass is 35.5. The summed E-state index contributed by atoms with van der Waals surface area (Å²) >= 11 is 12.5. The molecule has 9 heteroatoms. The van der Waals surface area contributed by atoms with Crippen LogP contribution in [0.15, 0.2) is 18.2 Å². The second kappa shape index (κ2) is 9.67. The maximum atomic E-state index is 13.8. The Hall–Kier alpha value is -2.38. The maximum Gasteiger partial charge on any atom is 0.271 e. The molecule has 1 spiro atoms. The molecule has 1 aliphatic heterocycles. The lowest BCUT2D eigenvalue weighted by molar-refractivity contribution is -0.131. The number of fused-ring (bicyclic) bond motifs is 2. The number of hydrogen-bond donors (Lipinski definition) is 2. The number of likely N-dealkylation sites (tertiary alicyclic amines) is 1. The van der Waals surface area contributed by atoms with E-state index in [0.717, 1.165) is 38.5 Å². The van der Waals surface area contributed by atoms with E-state index in [9.17, 15) is 19.2 Å². The van der Waals surface area contributed by atoms with Crippen molar-refractivity contribution in [3.63, 3.8) is 0 Å². The van der Waals surface area contributed by atoms with Crippen molar-refractivity contribution in [3.8, 4) is 0 Å². The van der Waals surface area contributed by atoms with E-state index in [-0.39, 0.29) is 53.0 Å². The van der Waals surface area contributed by atoms with E-state index in [2.05, 4.69) is 10.3 Å². The standard InChI is InChI=1S/C29H33Cl2N3O4/c1-2-24(35)22(8-16-12-29(6-7-29)13-25(16)36)33-27(37)26-18-5-3-4-15(18)14-34(26)28(38)23-11-19-20(31)9-17(30)10-21(19)32-23/h9-11,15-16,18,22,26,32H,2-8,12-14H2,1H3,(H,33,37). The van der Waals surface area contributed by atoms with E-state index in [1.165, 1.54) is 0 Å². The van der Waals surface area contributed by atoms with Crippen LogP contribution in [-0.2, 0) is 14.4 Å². The van der Waals surface area contributed by atoms with Gasteiger partial charge in [-0.2, -0.15) is 0 Å². The fourth-order valence-corrected chi connectivity index (χ4v) is 7.88. The number of rotatable bonds is 7. The van der Waals surface area contributed by atoms with Gasteiger partial charge in [0.15, 0.2) is 5.78 Å². The molecule has 3 saturated carbocycles. The number of amides is 2. The number of carbonyl (C=O) groups excluding carboxylic acids is 4. The first-order chi connectivity index (χ1) is 18.2. The molecular formula is C29H33Cl2N3O4. The molecule has 2 heterocycles.